The maximum absolute atomic E-state index is 10.8. The highest BCUT2D eigenvalue weighted by Crippen LogP contribution is 2.27. The van der Waals surface area contributed by atoms with E-state index in [4.69, 9.17) is 10.5 Å². The van der Waals surface area contributed by atoms with Crippen LogP contribution >= 0.6 is 15.9 Å². The number of nitrogens with zero attached hydrogens (tertiary/aromatic N) is 3. The van der Waals surface area contributed by atoms with Gasteiger partial charge in [-0.15, -0.1) is 0 Å². The van der Waals surface area contributed by atoms with Crippen molar-refractivity contribution in [3.05, 3.63) is 50.7 Å². The number of hydrogen-bond donors (Lipinski definition) is 1. The summed E-state index contributed by atoms with van der Waals surface area (Å²) in [5, 5.41) is 10.8. The Balaban J connectivity index is 2.19. The first-order chi connectivity index (χ1) is 9.08. The molecule has 0 radical (unpaired) electrons. The van der Waals surface area contributed by atoms with Gasteiger partial charge in [-0.05, 0) is 22.0 Å². The number of nitrogens with two attached hydrogens (primary N) is 1. The van der Waals surface area contributed by atoms with Crippen LogP contribution in [0.15, 0.2) is 34.9 Å². The quantitative estimate of drug-likeness (QED) is 0.683. The minimum Gasteiger partial charge on any atom is -0.480 e. The summed E-state index contributed by atoms with van der Waals surface area (Å²) in [5.41, 5.74) is 5.89. The number of hydrogen-bond acceptors (Lipinski definition) is 6. The number of benzene rings is 1. The third kappa shape index (κ3) is 3.16. The maximum Gasteiger partial charge on any atom is 0.310 e. The number of nitrogen functional groups attached to an aromatic ring is 1. The molecule has 1 aromatic heterocycles. The van der Waals surface area contributed by atoms with E-state index < -0.39 is 4.92 Å². The van der Waals surface area contributed by atoms with Crippen LogP contribution in [0, 0.1) is 10.1 Å². The zero-order valence-electron chi connectivity index (χ0n) is 9.62. The normalized spacial score (nSPS) is 10.2. The maximum atomic E-state index is 10.8. The van der Waals surface area contributed by atoms with E-state index in [2.05, 4.69) is 25.9 Å². The van der Waals surface area contributed by atoms with Gasteiger partial charge in [0.15, 0.2) is 5.75 Å². The molecule has 0 aliphatic rings. The molecule has 8 heteroatoms. The third-order valence-corrected chi connectivity index (χ3v) is 2.92. The average molecular weight is 325 g/mol. The lowest BCUT2D eigenvalue weighted by Gasteiger charge is -2.07. The second kappa shape index (κ2) is 5.61. The first-order valence-electron chi connectivity index (χ1n) is 5.21. The van der Waals surface area contributed by atoms with Gasteiger partial charge in [0, 0.05) is 12.3 Å². The lowest BCUT2D eigenvalue weighted by Crippen LogP contribution is -2.04. The molecule has 0 aliphatic carbocycles. The van der Waals surface area contributed by atoms with Crippen LogP contribution in [-0.4, -0.2) is 14.9 Å². The smallest absolute Gasteiger partial charge is 0.310 e. The second-order valence-electron chi connectivity index (χ2n) is 3.54. The van der Waals surface area contributed by atoms with Crippen LogP contribution in [0.5, 0.6) is 5.75 Å². The van der Waals surface area contributed by atoms with Crippen molar-refractivity contribution in [1.82, 2.24) is 9.97 Å². The first kappa shape index (κ1) is 13.2. The van der Waals surface area contributed by atoms with E-state index in [1.807, 2.05) is 0 Å². The largest absolute Gasteiger partial charge is 0.480 e. The molecule has 0 fully saturated rings. The SMILES string of the molecule is Nc1ncc(Br)c(COc2ccccc2[N+](=O)[O-])n1. The Hall–Kier alpha value is -2.22. The number of nitro benzene ring substituents is 1. The summed E-state index contributed by atoms with van der Waals surface area (Å²) >= 11 is 3.26. The summed E-state index contributed by atoms with van der Waals surface area (Å²) in [7, 11) is 0. The van der Waals surface area contributed by atoms with E-state index >= 15 is 0 Å². The Morgan fingerprint density at radius 3 is 2.89 bits per heavy atom. The van der Waals surface area contributed by atoms with Gasteiger partial charge in [0.25, 0.3) is 0 Å². The Kier molecular flexibility index (Phi) is 3.91. The fourth-order valence-corrected chi connectivity index (χ4v) is 1.70. The molecular formula is C11H9BrN4O3. The Morgan fingerprint density at radius 1 is 1.42 bits per heavy atom. The highest BCUT2D eigenvalue weighted by molar-refractivity contribution is 9.10. The van der Waals surface area contributed by atoms with Gasteiger partial charge in [0.2, 0.25) is 5.95 Å². The van der Waals surface area contributed by atoms with Crippen molar-refractivity contribution in [1.29, 1.82) is 0 Å². The molecule has 98 valence electrons. The fraction of sp³-hybridized carbons (Fsp3) is 0.0909. The molecule has 0 amide bonds. The van der Waals surface area contributed by atoms with Gasteiger partial charge in [0.1, 0.15) is 6.61 Å². The van der Waals surface area contributed by atoms with Gasteiger partial charge in [-0.1, -0.05) is 12.1 Å². The molecular weight excluding hydrogens is 316 g/mol. The highest BCUT2D eigenvalue weighted by Gasteiger charge is 2.14. The molecule has 0 bridgehead atoms. The molecule has 7 nitrogen and oxygen atoms in total. The van der Waals surface area contributed by atoms with Crippen LogP contribution in [0.3, 0.4) is 0 Å². The predicted octanol–water partition coefficient (Wildman–Crippen LogP) is 2.31. The van der Waals surface area contributed by atoms with Crippen molar-refractivity contribution >= 4 is 27.6 Å². The lowest BCUT2D eigenvalue weighted by atomic mass is 10.3. The molecule has 19 heavy (non-hydrogen) atoms. The lowest BCUT2D eigenvalue weighted by molar-refractivity contribution is -0.385. The third-order valence-electron chi connectivity index (χ3n) is 2.26. The van der Waals surface area contributed by atoms with Crippen molar-refractivity contribution in [2.24, 2.45) is 0 Å². The van der Waals surface area contributed by atoms with Gasteiger partial charge < -0.3 is 10.5 Å². The molecule has 2 N–H and O–H groups in total. The number of aromatic nitrogens is 2. The average Bonchev–Trinajstić information content (AvgIpc) is 2.40. The van der Waals surface area contributed by atoms with Crippen molar-refractivity contribution in [2.75, 3.05) is 5.73 Å². The van der Waals surface area contributed by atoms with Gasteiger partial charge >= 0.3 is 5.69 Å². The van der Waals surface area contributed by atoms with Crippen LogP contribution in [0.2, 0.25) is 0 Å². The number of ether oxygens (including phenoxy) is 1. The summed E-state index contributed by atoms with van der Waals surface area (Å²) in [5.74, 6) is 0.293. The van der Waals surface area contributed by atoms with Crippen LogP contribution in [0.4, 0.5) is 11.6 Å². The monoisotopic (exact) mass is 324 g/mol. The van der Waals surface area contributed by atoms with Crippen LogP contribution in [-0.2, 0) is 6.61 Å². The summed E-state index contributed by atoms with van der Waals surface area (Å²) in [6.07, 6.45) is 1.50. The summed E-state index contributed by atoms with van der Waals surface area (Å²) < 4.78 is 6.03. The molecule has 2 rings (SSSR count). The Bertz CT molecular complexity index is 621. The number of rotatable bonds is 4. The van der Waals surface area contributed by atoms with E-state index in [-0.39, 0.29) is 24.0 Å². The summed E-state index contributed by atoms with van der Waals surface area (Å²) in [6, 6.07) is 6.13. The Morgan fingerprint density at radius 2 is 2.16 bits per heavy atom. The molecule has 1 heterocycles. The minimum atomic E-state index is -0.501. The molecule has 0 spiro atoms. The minimum absolute atomic E-state index is 0.0537. The number of nitro groups is 1. The van der Waals surface area contributed by atoms with E-state index in [1.54, 1.807) is 12.1 Å². The molecule has 0 atom stereocenters. The van der Waals surface area contributed by atoms with E-state index in [1.165, 1.54) is 18.3 Å². The number of halogens is 1. The molecule has 0 aliphatic heterocycles. The molecule has 1 aromatic carbocycles. The summed E-state index contributed by atoms with van der Waals surface area (Å²) in [6.45, 7) is 0.0537. The zero-order chi connectivity index (χ0) is 13.8. The van der Waals surface area contributed by atoms with Gasteiger partial charge in [-0.25, -0.2) is 9.97 Å². The topological polar surface area (TPSA) is 104 Å². The zero-order valence-corrected chi connectivity index (χ0v) is 11.2. The Labute approximate surface area is 116 Å². The van der Waals surface area contributed by atoms with E-state index in [9.17, 15) is 10.1 Å². The van der Waals surface area contributed by atoms with Crippen LogP contribution in [0.1, 0.15) is 5.69 Å². The molecule has 2 aromatic rings. The van der Waals surface area contributed by atoms with Crippen LogP contribution < -0.4 is 10.5 Å². The summed E-state index contributed by atoms with van der Waals surface area (Å²) in [4.78, 5) is 18.1. The molecule has 0 saturated heterocycles. The number of anilines is 1. The van der Waals surface area contributed by atoms with Crippen molar-refractivity contribution in [2.45, 2.75) is 6.61 Å². The van der Waals surface area contributed by atoms with Gasteiger partial charge in [-0.2, -0.15) is 0 Å². The number of para-hydroxylation sites is 2. The molecule has 0 saturated carbocycles. The highest BCUT2D eigenvalue weighted by atomic mass is 79.9. The standard InChI is InChI=1S/C11H9BrN4O3/c12-7-5-14-11(13)15-8(7)6-19-10-4-2-1-3-9(10)16(17)18/h1-5H,6H2,(H2,13,14,15). The van der Waals surface area contributed by atoms with Crippen molar-refractivity contribution < 1.29 is 9.66 Å². The van der Waals surface area contributed by atoms with Crippen molar-refractivity contribution in [3.8, 4) is 5.75 Å². The van der Waals surface area contributed by atoms with Crippen LogP contribution in [0.25, 0.3) is 0 Å². The first-order valence-corrected chi connectivity index (χ1v) is 6.00. The van der Waals surface area contributed by atoms with E-state index in [0.29, 0.717) is 10.2 Å². The fourth-order valence-electron chi connectivity index (χ4n) is 1.40. The van der Waals surface area contributed by atoms with Crippen molar-refractivity contribution in [3.63, 3.8) is 0 Å². The van der Waals surface area contributed by atoms with Gasteiger partial charge in [0.05, 0.1) is 15.1 Å². The molecule has 0 unspecified atom stereocenters. The predicted molar refractivity (Wildman–Crippen MR) is 71.6 cm³/mol. The van der Waals surface area contributed by atoms with E-state index in [0.717, 1.165) is 0 Å². The second-order valence-corrected chi connectivity index (χ2v) is 4.39. The van der Waals surface area contributed by atoms with Gasteiger partial charge in [-0.3, -0.25) is 10.1 Å².